The molecule has 1 aromatic heterocycles. The third kappa shape index (κ3) is 4.25. The average molecular weight is 479 g/mol. The number of ether oxygens (including phenoxy) is 2. The first kappa shape index (κ1) is 22.1. The number of hydrogen-bond acceptors (Lipinski definition) is 5. The summed E-state index contributed by atoms with van der Waals surface area (Å²) in [6.07, 6.45) is 3.92. The molecule has 2 aliphatic carbocycles. The van der Waals surface area contributed by atoms with Crippen molar-refractivity contribution in [3.05, 3.63) is 39.6 Å². The lowest BCUT2D eigenvalue weighted by atomic mass is 10.0. The Balaban J connectivity index is 1.29. The standard InChI is InChI=1S/C24H28Cl2N2O4/c1-23(2,3)31-22(29)28-10-9-24(13-28)11-18(24)30-12-15-20(27-32-21(15)14-7-8-14)19-16(25)5-4-6-17(19)26/h4-6,14,18H,7-13H2,1-3H3. The van der Waals surface area contributed by atoms with E-state index >= 15 is 0 Å². The van der Waals surface area contributed by atoms with Gasteiger partial charge >= 0.3 is 6.09 Å². The zero-order chi connectivity index (χ0) is 22.7. The molecular weight excluding hydrogens is 451 g/mol. The van der Waals surface area contributed by atoms with Gasteiger partial charge in [0.1, 0.15) is 17.1 Å². The van der Waals surface area contributed by atoms with Crippen molar-refractivity contribution in [2.45, 2.75) is 70.7 Å². The molecule has 2 saturated carbocycles. The summed E-state index contributed by atoms with van der Waals surface area (Å²) in [5.41, 5.74) is 1.82. The number of rotatable bonds is 5. The normalized spacial score (nSPS) is 24.9. The molecule has 172 valence electrons. The van der Waals surface area contributed by atoms with E-state index in [1.165, 1.54) is 0 Å². The Hall–Kier alpha value is -1.76. The van der Waals surface area contributed by atoms with Crippen molar-refractivity contribution >= 4 is 29.3 Å². The molecule has 1 spiro atoms. The van der Waals surface area contributed by atoms with Gasteiger partial charge in [-0.05, 0) is 58.6 Å². The zero-order valence-corrected chi connectivity index (χ0v) is 20.1. The maximum absolute atomic E-state index is 12.4. The van der Waals surface area contributed by atoms with Crippen molar-refractivity contribution in [2.24, 2.45) is 5.41 Å². The van der Waals surface area contributed by atoms with Crippen molar-refractivity contribution in [1.82, 2.24) is 10.1 Å². The van der Waals surface area contributed by atoms with E-state index in [9.17, 15) is 4.79 Å². The highest BCUT2D eigenvalue weighted by Crippen LogP contribution is 2.56. The molecule has 1 aromatic carbocycles. The minimum absolute atomic E-state index is 0.0238. The molecule has 0 radical (unpaired) electrons. The fourth-order valence-electron chi connectivity index (χ4n) is 4.59. The van der Waals surface area contributed by atoms with E-state index in [2.05, 4.69) is 5.16 Å². The molecule has 0 bridgehead atoms. The van der Waals surface area contributed by atoms with Crippen molar-refractivity contribution in [1.29, 1.82) is 0 Å². The van der Waals surface area contributed by atoms with Gasteiger partial charge in [0.15, 0.2) is 0 Å². The van der Waals surface area contributed by atoms with Gasteiger partial charge in [0.05, 0.1) is 22.8 Å². The molecule has 32 heavy (non-hydrogen) atoms. The number of likely N-dealkylation sites (tertiary alicyclic amines) is 1. The van der Waals surface area contributed by atoms with Gasteiger partial charge in [0, 0.05) is 35.5 Å². The zero-order valence-electron chi connectivity index (χ0n) is 18.6. The minimum Gasteiger partial charge on any atom is -0.444 e. The molecule has 2 atom stereocenters. The lowest BCUT2D eigenvalue weighted by Gasteiger charge is -2.24. The Labute approximate surface area is 198 Å². The lowest BCUT2D eigenvalue weighted by Crippen LogP contribution is -2.35. The second-order valence-corrected chi connectivity index (χ2v) is 11.1. The molecule has 2 unspecified atom stereocenters. The number of hydrogen-bond donors (Lipinski definition) is 0. The highest BCUT2D eigenvalue weighted by molar-refractivity contribution is 6.39. The van der Waals surface area contributed by atoms with Crippen LogP contribution in [0.3, 0.4) is 0 Å². The predicted molar refractivity (Wildman–Crippen MR) is 122 cm³/mol. The lowest BCUT2D eigenvalue weighted by molar-refractivity contribution is 0.0270. The molecular formula is C24H28Cl2N2O4. The van der Waals surface area contributed by atoms with E-state index in [1.807, 2.05) is 26.8 Å². The van der Waals surface area contributed by atoms with E-state index in [-0.39, 0.29) is 17.6 Å². The summed E-state index contributed by atoms with van der Waals surface area (Å²) in [6, 6.07) is 5.42. The highest BCUT2D eigenvalue weighted by atomic mass is 35.5. The molecule has 2 aromatic rings. The van der Waals surface area contributed by atoms with Crippen molar-refractivity contribution in [3.63, 3.8) is 0 Å². The van der Waals surface area contributed by atoms with Crippen molar-refractivity contribution in [3.8, 4) is 11.3 Å². The summed E-state index contributed by atoms with van der Waals surface area (Å²) < 4.78 is 17.6. The fraction of sp³-hybridized carbons (Fsp3) is 0.583. The smallest absolute Gasteiger partial charge is 0.410 e. The third-order valence-corrected chi connectivity index (χ3v) is 7.18. The SMILES string of the molecule is CC(C)(C)OC(=O)N1CCC2(CC2OCc2c(-c3c(Cl)cccc3Cl)noc2C2CC2)C1. The monoisotopic (exact) mass is 478 g/mol. The Kier molecular flexibility index (Phi) is 5.46. The van der Waals surface area contributed by atoms with Gasteiger partial charge in [-0.1, -0.05) is 34.4 Å². The maximum Gasteiger partial charge on any atom is 0.410 e. The first-order valence-corrected chi connectivity index (χ1v) is 11.9. The maximum atomic E-state index is 12.4. The van der Waals surface area contributed by atoms with Gasteiger partial charge in [0.2, 0.25) is 0 Å². The number of halogens is 2. The van der Waals surface area contributed by atoms with Crippen LogP contribution in [0, 0.1) is 5.41 Å². The number of aromatic nitrogens is 1. The van der Waals surface area contributed by atoms with Crippen LogP contribution in [0.4, 0.5) is 4.79 Å². The quantitative estimate of drug-likeness (QED) is 0.494. The van der Waals surface area contributed by atoms with Crippen LogP contribution in [-0.2, 0) is 16.1 Å². The summed E-state index contributed by atoms with van der Waals surface area (Å²) >= 11 is 12.9. The number of carbonyl (C=O) groups excluding carboxylic acids is 1. The Morgan fingerprint density at radius 1 is 1.28 bits per heavy atom. The van der Waals surface area contributed by atoms with Gasteiger partial charge in [-0.2, -0.15) is 0 Å². The Morgan fingerprint density at radius 3 is 2.66 bits per heavy atom. The first-order chi connectivity index (χ1) is 15.2. The highest BCUT2D eigenvalue weighted by Gasteiger charge is 2.59. The van der Waals surface area contributed by atoms with E-state index < -0.39 is 5.60 Å². The van der Waals surface area contributed by atoms with Crippen LogP contribution < -0.4 is 0 Å². The largest absolute Gasteiger partial charge is 0.444 e. The van der Waals surface area contributed by atoms with Crippen LogP contribution in [-0.4, -0.2) is 40.9 Å². The van der Waals surface area contributed by atoms with Crippen LogP contribution in [0.2, 0.25) is 10.0 Å². The second kappa shape index (κ2) is 7.93. The van der Waals surface area contributed by atoms with Crippen LogP contribution in [0.5, 0.6) is 0 Å². The van der Waals surface area contributed by atoms with Crippen LogP contribution >= 0.6 is 23.2 Å². The molecule has 2 heterocycles. The molecule has 5 rings (SSSR count). The van der Waals surface area contributed by atoms with Gasteiger partial charge in [-0.25, -0.2) is 4.79 Å². The van der Waals surface area contributed by atoms with E-state index in [0.29, 0.717) is 46.9 Å². The molecule has 6 nitrogen and oxygen atoms in total. The molecule has 1 aliphatic heterocycles. The number of amides is 1. The Bertz CT molecular complexity index is 1020. The van der Waals surface area contributed by atoms with Crippen LogP contribution in [0.25, 0.3) is 11.3 Å². The number of carbonyl (C=O) groups is 1. The molecule has 8 heteroatoms. The number of nitrogens with zero attached hydrogens (tertiary/aromatic N) is 2. The molecule has 1 saturated heterocycles. The van der Waals surface area contributed by atoms with Crippen LogP contribution in [0.15, 0.2) is 22.7 Å². The molecule has 1 amide bonds. The fourth-order valence-corrected chi connectivity index (χ4v) is 5.16. The molecule has 3 fully saturated rings. The summed E-state index contributed by atoms with van der Waals surface area (Å²) in [4.78, 5) is 14.2. The average Bonchev–Trinajstić information content (AvgIpc) is 3.56. The second-order valence-electron chi connectivity index (χ2n) is 10.3. The van der Waals surface area contributed by atoms with Gasteiger partial charge < -0.3 is 18.9 Å². The number of benzene rings is 1. The third-order valence-electron chi connectivity index (χ3n) is 6.55. The van der Waals surface area contributed by atoms with Gasteiger partial charge in [-0.15, -0.1) is 0 Å². The van der Waals surface area contributed by atoms with Crippen molar-refractivity contribution < 1.29 is 18.8 Å². The predicted octanol–water partition coefficient (Wildman–Crippen LogP) is 6.44. The van der Waals surface area contributed by atoms with E-state index in [1.54, 1.807) is 17.0 Å². The topological polar surface area (TPSA) is 64.8 Å². The molecule has 3 aliphatic rings. The Morgan fingerprint density at radius 2 is 2.00 bits per heavy atom. The summed E-state index contributed by atoms with van der Waals surface area (Å²) in [7, 11) is 0. The molecule has 0 N–H and O–H groups in total. The van der Waals surface area contributed by atoms with E-state index in [4.69, 9.17) is 37.2 Å². The summed E-state index contributed by atoms with van der Waals surface area (Å²) in [6.45, 7) is 7.44. The van der Waals surface area contributed by atoms with Gasteiger partial charge in [0.25, 0.3) is 0 Å². The van der Waals surface area contributed by atoms with Crippen LogP contribution in [0.1, 0.15) is 63.7 Å². The van der Waals surface area contributed by atoms with Gasteiger partial charge in [-0.3, -0.25) is 0 Å². The minimum atomic E-state index is -0.490. The first-order valence-electron chi connectivity index (χ1n) is 11.2. The summed E-state index contributed by atoms with van der Waals surface area (Å²) in [5.74, 6) is 1.27. The summed E-state index contributed by atoms with van der Waals surface area (Å²) in [5, 5.41) is 5.42. The van der Waals surface area contributed by atoms with Crippen molar-refractivity contribution in [2.75, 3.05) is 13.1 Å². The van der Waals surface area contributed by atoms with E-state index in [0.717, 1.165) is 37.0 Å².